The Bertz CT molecular complexity index is 794. The Morgan fingerprint density at radius 2 is 2.04 bits per heavy atom. The summed E-state index contributed by atoms with van der Waals surface area (Å²) in [7, 11) is -2.48. The van der Waals surface area contributed by atoms with Crippen LogP contribution in [0.5, 0.6) is 0 Å². The van der Waals surface area contributed by atoms with E-state index >= 15 is 0 Å². The van der Waals surface area contributed by atoms with E-state index in [9.17, 15) is 18.5 Å². The van der Waals surface area contributed by atoms with Crippen molar-refractivity contribution in [3.8, 4) is 0 Å². The zero-order chi connectivity index (χ0) is 16.9. The molecular formula is C14H16N4O4S. The fourth-order valence-corrected chi connectivity index (χ4v) is 2.72. The smallest absolute Gasteiger partial charge is 0.293 e. The monoisotopic (exact) mass is 336 g/mol. The van der Waals surface area contributed by atoms with Gasteiger partial charge < -0.3 is 5.32 Å². The maximum atomic E-state index is 11.7. The molecule has 1 aromatic heterocycles. The third-order valence-electron chi connectivity index (χ3n) is 3.17. The molecule has 0 saturated heterocycles. The van der Waals surface area contributed by atoms with Crippen LogP contribution in [-0.4, -0.2) is 31.9 Å². The SMILES string of the molecule is CNS(=O)(=O)c1ccc(NCCc2ccccn2)c([N+](=O)[O-])c1. The molecule has 0 aliphatic heterocycles. The quantitative estimate of drug-likeness (QED) is 0.586. The number of nitrogens with zero attached hydrogens (tertiary/aromatic N) is 2. The molecule has 8 nitrogen and oxygen atoms in total. The lowest BCUT2D eigenvalue weighted by molar-refractivity contribution is -0.384. The molecule has 0 atom stereocenters. The molecule has 0 spiro atoms. The number of pyridine rings is 1. The summed E-state index contributed by atoms with van der Waals surface area (Å²) in [5.74, 6) is 0. The molecule has 1 aromatic carbocycles. The van der Waals surface area contributed by atoms with E-state index in [4.69, 9.17) is 0 Å². The fourth-order valence-electron chi connectivity index (χ4n) is 1.97. The number of hydrogen-bond donors (Lipinski definition) is 2. The van der Waals surface area contributed by atoms with Crippen molar-refractivity contribution in [2.45, 2.75) is 11.3 Å². The highest BCUT2D eigenvalue weighted by Crippen LogP contribution is 2.27. The predicted octanol–water partition coefficient (Wildman–Crippen LogP) is 1.55. The van der Waals surface area contributed by atoms with Gasteiger partial charge in [-0.05, 0) is 31.3 Å². The van der Waals surface area contributed by atoms with Gasteiger partial charge >= 0.3 is 0 Å². The first-order valence-corrected chi connectivity index (χ1v) is 8.28. The van der Waals surface area contributed by atoms with E-state index in [0.29, 0.717) is 13.0 Å². The normalized spacial score (nSPS) is 11.2. The Kier molecular flexibility index (Phi) is 5.24. The van der Waals surface area contributed by atoms with Crippen molar-refractivity contribution in [3.05, 3.63) is 58.4 Å². The Morgan fingerprint density at radius 1 is 1.26 bits per heavy atom. The Balaban J connectivity index is 2.17. The van der Waals surface area contributed by atoms with E-state index in [2.05, 4.69) is 15.0 Å². The molecule has 0 amide bonds. The third-order valence-corrected chi connectivity index (χ3v) is 4.58. The first kappa shape index (κ1) is 16.8. The molecule has 23 heavy (non-hydrogen) atoms. The van der Waals surface area contributed by atoms with E-state index in [-0.39, 0.29) is 16.3 Å². The molecule has 0 unspecified atom stereocenters. The molecule has 0 aliphatic rings. The molecule has 9 heteroatoms. The number of sulfonamides is 1. The van der Waals surface area contributed by atoms with Crippen molar-refractivity contribution in [1.82, 2.24) is 9.71 Å². The van der Waals surface area contributed by atoms with Crippen molar-refractivity contribution in [2.24, 2.45) is 0 Å². The van der Waals surface area contributed by atoms with Crippen LogP contribution in [0.2, 0.25) is 0 Å². The highest BCUT2D eigenvalue weighted by molar-refractivity contribution is 7.89. The van der Waals surface area contributed by atoms with Crippen LogP contribution in [0.15, 0.2) is 47.5 Å². The summed E-state index contributed by atoms with van der Waals surface area (Å²) in [4.78, 5) is 14.6. The molecular weight excluding hydrogens is 320 g/mol. The fraction of sp³-hybridized carbons (Fsp3) is 0.214. The second-order valence-electron chi connectivity index (χ2n) is 4.64. The summed E-state index contributed by atoms with van der Waals surface area (Å²) in [5.41, 5.74) is 0.834. The van der Waals surface area contributed by atoms with E-state index in [1.54, 1.807) is 6.20 Å². The van der Waals surface area contributed by atoms with E-state index in [0.717, 1.165) is 11.8 Å². The predicted molar refractivity (Wildman–Crippen MR) is 85.8 cm³/mol. The number of nitro benzene ring substituents is 1. The maximum Gasteiger partial charge on any atom is 0.293 e. The first-order chi connectivity index (χ1) is 10.9. The van der Waals surface area contributed by atoms with Crippen molar-refractivity contribution in [1.29, 1.82) is 0 Å². The van der Waals surface area contributed by atoms with Crippen LogP contribution < -0.4 is 10.0 Å². The zero-order valence-electron chi connectivity index (χ0n) is 12.4. The summed E-state index contributed by atoms with van der Waals surface area (Å²) in [6.45, 7) is 0.440. The minimum Gasteiger partial charge on any atom is -0.379 e. The minimum absolute atomic E-state index is 0.151. The standard InChI is InChI=1S/C14H16N4O4S/c1-15-23(21,22)12-5-6-13(14(10-12)18(19)20)17-9-7-11-4-2-3-8-16-11/h2-6,8,10,15,17H,7,9H2,1H3. The number of nitro groups is 1. The second-order valence-corrected chi connectivity index (χ2v) is 6.53. The van der Waals surface area contributed by atoms with Crippen molar-refractivity contribution in [2.75, 3.05) is 18.9 Å². The number of aromatic nitrogens is 1. The average Bonchev–Trinajstić information content (AvgIpc) is 2.55. The molecule has 0 radical (unpaired) electrons. The largest absolute Gasteiger partial charge is 0.379 e. The van der Waals surface area contributed by atoms with Gasteiger partial charge in [-0.15, -0.1) is 0 Å². The van der Waals surface area contributed by atoms with Crippen LogP contribution >= 0.6 is 0 Å². The van der Waals surface area contributed by atoms with Crippen molar-refractivity contribution in [3.63, 3.8) is 0 Å². The van der Waals surface area contributed by atoms with Gasteiger partial charge in [0.15, 0.2) is 0 Å². The summed E-state index contributed by atoms with van der Waals surface area (Å²) in [6.07, 6.45) is 2.27. The summed E-state index contributed by atoms with van der Waals surface area (Å²) < 4.78 is 25.6. The van der Waals surface area contributed by atoms with Gasteiger partial charge in [-0.2, -0.15) is 0 Å². The molecule has 0 saturated carbocycles. The molecule has 0 fully saturated rings. The van der Waals surface area contributed by atoms with Gasteiger partial charge in [0.05, 0.1) is 9.82 Å². The van der Waals surface area contributed by atoms with Crippen LogP contribution in [0.1, 0.15) is 5.69 Å². The second kappa shape index (κ2) is 7.16. The Morgan fingerprint density at radius 3 is 2.65 bits per heavy atom. The van der Waals surface area contributed by atoms with E-state index < -0.39 is 14.9 Å². The molecule has 122 valence electrons. The number of hydrogen-bond acceptors (Lipinski definition) is 6. The molecule has 0 aliphatic carbocycles. The molecule has 0 bridgehead atoms. The first-order valence-electron chi connectivity index (χ1n) is 6.80. The van der Waals surface area contributed by atoms with Crippen LogP contribution in [0.3, 0.4) is 0 Å². The van der Waals surface area contributed by atoms with Crippen LogP contribution in [0, 0.1) is 10.1 Å². The van der Waals surface area contributed by atoms with Gasteiger partial charge in [0.1, 0.15) is 5.69 Å². The van der Waals surface area contributed by atoms with Gasteiger partial charge in [-0.1, -0.05) is 6.07 Å². The summed E-state index contributed by atoms with van der Waals surface area (Å²) >= 11 is 0. The molecule has 2 N–H and O–H groups in total. The van der Waals surface area contributed by atoms with Crippen LogP contribution in [0.4, 0.5) is 11.4 Å². The van der Waals surface area contributed by atoms with Gasteiger partial charge in [0, 0.05) is 30.9 Å². The zero-order valence-corrected chi connectivity index (χ0v) is 13.2. The Labute approximate surface area is 133 Å². The summed E-state index contributed by atoms with van der Waals surface area (Å²) in [6, 6.07) is 9.28. The lowest BCUT2D eigenvalue weighted by Crippen LogP contribution is -2.19. The molecule has 1 heterocycles. The van der Waals surface area contributed by atoms with Gasteiger partial charge in [0.25, 0.3) is 5.69 Å². The highest BCUT2D eigenvalue weighted by atomic mass is 32.2. The van der Waals surface area contributed by atoms with E-state index in [1.807, 2.05) is 18.2 Å². The number of benzene rings is 1. The number of rotatable bonds is 7. The third kappa shape index (κ3) is 4.24. The van der Waals surface area contributed by atoms with Gasteiger partial charge in [0.2, 0.25) is 10.0 Å². The van der Waals surface area contributed by atoms with Crippen molar-refractivity contribution < 1.29 is 13.3 Å². The summed E-state index contributed by atoms with van der Waals surface area (Å²) in [5, 5.41) is 14.1. The average molecular weight is 336 g/mol. The number of nitrogens with one attached hydrogen (secondary N) is 2. The van der Waals surface area contributed by atoms with E-state index in [1.165, 1.54) is 19.2 Å². The minimum atomic E-state index is -3.73. The maximum absolute atomic E-state index is 11.7. The topological polar surface area (TPSA) is 114 Å². The van der Waals surface area contributed by atoms with Gasteiger partial charge in [-0.25, -0.2) is 13.1 Å². The van der Waals surface area contributed by atoms with Gasteiger partial charge in [-0.3, -0.25) is 15.1 Å². The molecule has 2 rings (SSSR count). The van der Waals surface area contributed by atoms with Crippen LogP contribution in [-0.2, 0) is 16.4 Å². The molecule has 2 aromatic rings. The van der Waals surface area contributed by atoms with Crippen molar-refractivity contribution >= 4 is 21.4 Å². The Hall–Kier alpha value is -2.52. The lowest BCUT2D eigenvalue weighted by atomic mass is 10.2. The highest BCUT2D eigenvalue weighted by Gasteiger charge is 2.20. The lowest BCUT2D eigenvalue weighted by Gasteiger charge is -2.09. The van der Waals surface area contributed by atoms with Crippen LogP contribution in [0.25, 0.3) is 0 Å². The number of anilines is 1.